The van der Waals surface area contributed by atoms with Gasteiger partial charge in [0.05, 0.1) is 13.0 Å². The lowest BCUT2D eigenvalue weighted by molar-refractivity contribution is -0.148. The first-order valence-corrected chi connectivity index (χ1v) is 7.19. The molecule has 18 heavy (non-hydrogen) atoms. The average molecular weight is 277 g/mol. The Morgan fingerprint density at radius 3 is 2.17 bits per heavy atom. The third-order valence-corrected chi connectivity index (χ3v) is 3.62. The van der Waals surface area contributed by atoms with Gasteiger partial charge in [0, 0.05) is 5.92 Å². The standard InChI is InChI=1S/C14H25ClO3/c1-4-5-6-7-8-9-10-12(13(15)16)11(2)14(17)18-3/h11-12H,4-10H2,1-3H3. The Morgan fingerprint density at radius 1 is 1.11 bits per heavy atom. The molecule has 0 aliphatic rings. The van der Waals surface area contributed by atoms with Gasteiger partial charge >= 0.3 is 5.97 Å². The lowest BCUT2D eigenvalue weighted by Gasteiger charge is -2.18. The van der Waals surface area contributed by atoms with Crippen LogP contribution in [0, 0.1) is 11.8 Å². The van der Waals surface area contributed by atoms with Crippen LogP contribution in [0.25, 0.3) is 0 Å². The molecular weight excluding hydrogens is 252 g/mol. The number of halogens is 1. The largest absolute Gasteiger partial charge is 0.469 e. The second kappa shape index (κ2) is 10.4. The smallest absolute Gasteiger partial charge is 0.309 e. The van der Waals surface area contributed by atoms with E-state index in [0.717, 1.165) is 12.8 Å². The zero-order valence-corrected chi connectivity index (χ0v) is 12.5. The predicted molar refractivity (Wildman–Crippen MR) is 73.5 cm³/mol. The normalized spacial score (nSPS) is 14.0. The molecule has 0 aliphatic heterocycles. The molecule has 0 saturated carbocycles. The van der Waals surface area contributed by atoms with E-state index in [4.69, 9.17) is 11.6 Å². The Kier molecular flexibility index (Phi) is 10.0. The average Bonchev–Trinajstić information content (AvgIpc) is 2.35. The minimum Gasteiger partial charge on any atom is -0.469 e. The van der Waals surface area contributed by atoms with Crippen LogP contribution in [-0.2, 0) is 14.3 Å². The Labute approximate surface area is 115 Å². The van der Waals surface area contributed by atoms with Gasteiger partial charge in [0.15, 0.2) is 0 Å². The van der Waals surface area contributed by atoms with Crippen molar-refractivity contribution in [3.05, 3.63) is 0 Å². The van der Waals surface area contributed by atoms with Crippen molar-refractivity contribution in [3.8, 4) is 0 Å². The third-order valence-electron chi connectivity index (χ3n) is 3.34. The monoisotopic (exact) mass is 276 g/mol. The second-order valence-corrected chi connectivity index (χ2v) is 5.15. The van der Waals surface area contributed by atoms with E-state index >= 15 is 0 Å². The van der Waals surface area contributed by atoms with Crippen LogP contribution in [0.5, 0.6) is 0 Å². The number of hydrogen-bond donors (Lipinski definition) is 0. The minimum absolute atomic E-state index is 0.361. The van der Waals surface area contributed by atoms with E-state index in [1.807, 2.05) is 0 Å². The molecular formula is C14H25ClO3. The molecule has 0 rings (SSSR count). The maximum atomic E-state index is 11.4. The molecule has 0 aliphatic carbocycles. The van der Waals surface area contributed by atoms with E-state index in [2.05, 4.69) is 11.7 Å². The topological polar surface area (TPSA) is 43.4 Å². The number of carbonyl (C=O) groups excluding carboxylic acids is 2. The Morgan fingerprint density at radius 2 is 1.67 bits per heavy atom. The van der Waals surface area contributed by atoms with Crippen molar-refractivity contribution >= 4 is 22.8 Å². The highest BCUT2D eigenvalue weighted by Gasteiger charge is 2.29. The van der Waals surface area contributed by atoms with Crippen molar-refractivity contribution < 1.29 is 14.3 Å². The van der Waals surface area contributed by atoms with Gasteiger partial charge < -0.3 is 4.74 Å². The van der Waals surface area contributed by atoms with E-state index in [-0.39, 0.29) is 5.97 Å². The Hall–Kier alpha value is -0.570. The van der Waals surface area contributed by atoms with Gasteiger partial charge in [-0.25, -0.2) is 0 Å². The van der Waals surface area contributed by atoms with Gasteiger partial charge in [-0.05, 0) is 18.0 Å². The van der Waals surface area contributed by atoms with Gasteiger partial charge in [-0.15, -0.1) is 0 Å². The first kappa shape index (κ1) is 17.4. The molecule has 0 amide bonds. The lowest BCUT2D eigenvalue weighted by atomic mass is 9.90. The summed E-state index contributed by atoms with van der Waals surface area (Å²) in [6.45, 7) is 3.88. The van der Waals surface area contributed by atoms with E-state index in [1.165, 1.54) is 32.8 Å². The molecule has 0 N–H and O–H groups in total. The van der Waals surface area contributed by atoms with Crippen LogP contribution in [0.15, 0.2) is 0 Å². The van der Waals surface area contributed by atoms with E-state index in [9.17, 15) is 9.59 Å². The number of carbonyl (C=O) groups is 2. The van der Waals surface area contributed by atoms with E-state index in [0.29, 0.717) is 6.42 Å². The number of unbranched alkanes of at least 4 members (excludes halogenated alkanes) is 5. The summed E-state index contributed by atoms with van der Waals surface area (Å²) in [5, 5.41) is -0.429. The summed E-state index contributed by atoms with van der Waals surface area (Å²) >= 11 is 5.56. The first-order chi connectivity index (χ1) is 8.54. The summed E-state index contributed by atoms with van der Waals surface area (Å²) in [6, 6.07) is 0. The number of hydrogen-bond acceptors (Lipinski definition) is 3. The van der Waals surface area contributed by atoms with Gasteiger partial charge in [-0.2, -0.15) is 0 Å². The zero-order valence-electron chi connectivity index (χ0n) is 11.7. The van der Waals surface area contributed by atoms with Crippen LogP contribution in [0.1, 0.15) is 58.8 Å². The summed E-state index contributed by atoms with van der Waals surface area (Å²) in [5.41, 5.74) is 0. The fraction of sp³-hybridized carbons (Fsp3) is 0.857. The summed E-state index contributed by atoms with van der Waals surface area (Å²) in [7, 11) is 1.33. The minimum atomic E-state index is -0.448. The van der Waals surface area contributed by atoms with Crippen LogP contribution >= 0.6 is 11.6 Å². The van der Waals surface area contributed by atoms with E-state index < -0.39 is 17.1 Å². The number of rotatable bonds is 10. The fourth-order valence-electron chi connectivity index (χ4n) is 2.05. The molecule has 0 aromatic carbocycles. The number of methoxy groups -OCH3 is 1. The summed E-state index contributed by atoms with van der Waals surface area (Å²) < 4.78 is 4.65. The summed E-state index contributed by atoms with van der Waals surface area (Å²) in [6.07, 6.45) is 7.61. The maximum Gasteiger partial charge on any atom is 0.309 e. The van der Waals surface area contributed by atoms with Gasteiger partial charge in [-0.1, -0.05) is 52.4 Å². The second-order valence-electron chi connectivity index (χ2n) is 4.78. The van der Waals surface area contributed by atoms with Crippen molar-refractivity contribution in [2.75, 3.05) is 7.11 Å². The lowest BCUT2D eigenvalue weighted by Crippen LogP contribution is -2.26. The van der Waals surface area contributed by atoms with Crippen molar-refractivity contribution in [2.24, 2.45) is 11.8 Å². The summed E-state index contributed by atoms with van der Waals surface area (Å²) in [4.78, 5) is 22.7. The molecule has 2 atom stereocenters. The molecule has 2 unspecified atom stereocenters. The molecule has 106 valence electrons. The van der Waals surface area contributed by atoms with Gasteiger partial charge in [0.2, 0.25) is 5.24 Å². The Bertz CT molecular complexity index is 253. The Balaban J connectivity index is 3.98. The molecule has 0 saturated heterocycles. The zero-order chi connectivity index (χ0) is 14.0. The van der Waals surface area contributed by atoms with Crippen LogP contribution < -0.4 is 0 Å². The maximum absolute atomic E-state index is 11.4. The van der Waals surface area contributed by atoms with Crippen molar-refractivity contribution in [1.29, 1.82) is 0 Å². The molecule has 0 radical (unpaired) electrons. The molecule has 0 spiro atoms. The third kappa shape index (κ3) is 7.00. The fourth-order valence-corrected chi connectivity index (χ4v) is 2.35. The molecule has 3 nitrogen and oxygen atoms in total. The number of esters is 1. The van der Waals surface area contributed by atoms with Gasteiger partial charge in [0.25, 0.3) is 0 Å². The van der Waals surface area contributed by atoms with Crippen molar-refractivity contribution in [2.45, 2.75) is 58.8 Å². The highest BCUT2D eigenvalue weighted by molar-refractivity contribution is 6.64. The molecule has 0 aromatic rings. The quantitative estimate of drug-likeness (QED) is 0.345. The van der Waals surface area contributed by atoms with E-state index in [1.54, 1.807) is 6.92 Å². The highest BCUT2D eigenvalue weighted by atomic mass is 35.5. The predicted octanol–water partition coefficient (Wildman–Crippen LogP) is 3.93. The molecule has 0 bridgehead atoms. The number of ether oxygens (including phenoxy) is 1. The van der Waals surface area contributed by atoms with Crippen LogP contribution in [0.3, 0.4) is 0 Å². The van der Waals surface area contributed by atoms with Gasteiger partial charge in [0.1, 0.15) is 0 Å². The van der Waals surface area contributed by atoms with Crippen molar-refractivity contribution in [3.63, 3.8) is 0 Å². The molecule has 0 heterocycles. The highest BCUT2D eigenvalue weighted by Crippen LogP contribution is 2.23. The van der Waals surface area contributed by atoms with Crippen molar-refractivity contribution in [1.82, 2.24) is 0 Å². The van der Waals surface area contributed by atoms with Crippen LogP contribution in [0.2, 0.25) is 0 Å². The van der Waals surface area contributed by atoms with Gasteiger partial charge in [-0.3, -0.25) is 9.59 Å². The van der Waals surface area contributed by atoms with Crippen LogP contribution in [0.4, 0.5) is 0 Å². The molecule has 0 aromatic heterocycles. The SMILES string of the molecule is CCCCCCCCC(C(=O)Cl)C(C)C(=O)OC. The first-order valence-electron chi connectivity index (χ1n) is 6.81. The molecule has 4 heteroatoms. The summed E-state index contributed by atoms with van der Waals surface area (Å²) in [5.74, 6) is -1.22. The molecule has 0 fully saturated rings. The van der Waals surface area contributed by atoms with Crippen LogP contribution in [-0.4, -0.2) is 18.3 Å².